The lowest BCUT2D eigenvalue weighted by atomic mass is 9.92. The summed E-state index contributed by atoms with van der Waals surface area (Å²) in [5, 5.41) is 8.91. The molecule has 2 atom stereocenters. The van der Waals surface area contributed by atoms with Crippen LogP contribution in [-0.2, 0) is 11.3 Å². The van der Waals surface area contributed by atoms with Gasteiger partial charge in [0.15, 0.2) is 0 Å². The minimum absolute atomic E-state index is 0.0388. The molecule has 2 unspecified atom stereocenters. The quantitative estimate of drug-likeness (QED) is 0.867. The molecule has 0 aliphatic heterocycles. The molecular weight excluding hydrogens is 308 g/mol. The lowest BCUT2D eigenvalue weighted by Crippen LogP contribution is -2.49. The minimum atomic E-state index is -0.387. The van der Waals surface area contributed by atoms with Crippen molar-refractivity contribution in [3.8, 4) is 5.75 Å². The summed E-state index contributed by atoms with van der Waals surface area (Å²) in [6.45, 7) is 1.97. The number of rotatable bonds is 5. The van der Waals surface area contributed by atoms with Crippen LogP contribution in [0.15, 0.2) is 35.4 Å². The first kappa shape index (κ1) is 16.3. The molecule has 1 aliphatic rings. The van der Waals surface area contributed by atoms with Crippen LogP contribution in [0.4, 0.5) is 0 Å². The van der Waals surface area contributed by atoms with E-state index in [-0.39, 0.29) is 30.3 Å². The molecule has 3 rings (SSSR count). The Morgan fingerprint density at radius 1 is 1.38 bits per heavy atom. The summed E-state index contributed by atoms with van der Waals surface area (Å²) < 4.78 is 7.40. The second kappa shape index (κ2) is 7.33. The highest BCUT2D eigenvalue weighted by molar-refractivity contribution is 5.76. The number of amides is 1. The van der Waals surface area contributed by atoms with Crippen LogP contribution in [0.2, 0.25) is 0 Å². The third-order valence-electron chi connectivity index (χ3n) is 4.35. The Hall–Kier alpha value is -2.57. The Balaban J connectivity index is 1.64. The number of nitrogens with zero attached hydrogens (tertiary/aromatic N) is 2. The van der Waals surface area contributed by atoms with Crippen molar-refractivity contribution in [2.75, 3.05) is 0 Å². The molecule has 7 nitrogen and oxygen atoms in total. The van der Waals surface area contributed by atoms with Gasteiger partial charge in [0.05, 0.1) is 6.04 Å². The summed E-state index contributed by atoms with van der Waals surface area (Å²) in [5.74, 6) is 0.651. The number of nitrogens with one attached hydrogen (secondary N) is 2. The van der Waals surface area contributed by atoms with E-state index in [1.165, 1.54) is 10.9 Å². The van der Waals surface area contributed by atoms with Gasteiger partial charge in [-0.05, 0) is 37.8 Å². The van der Waals surface area contributed by atoms with Crippen molar-refractivity contribution < 1.29 is 9.53 Å². The maximum Gasteiger partial charge on any atom is 0.343 e. The standard InChI is InChI=1S/C17H22N4O3/c1-12-6-2-4-8-14(12)24-15-9-5-3-7-13(15)19-16(22)10-21-11-18-20-17(21)23/h2,4,6,8,11,13,15H,3,5,7,9-10H2,1H3,(H,19,22)(H,20,23). The number of para-hydroxylation sites is 1. The van der Waals surface area contributed by atoms with E-state index < -0.39 is 0 Å². The second-order valence-corrected chi connectivity index (χ2v) is 6.17. The number of H-pyrrole nitrogens is 1. The molecule has 1 aromatic heterocycles. The van der Waals surface area contributed by atoms with E-state index in [9.17, 15) is 9.59 Å². The number of benzene rings is 1. The number of carbonyl (C=O) groups is 1. The monoisotopic (exact) mass is 330 g/mol. The largest absolute Gasteiger partial charge is 0.488 e. The lowest BCUT2D eigenvalue weighted by molar-refractivity contribution is -0.123. The number of ether oxygens (including phenoxy) is 1. The molecule has 0 bridgehead atoms. The zero-order chi connectivity index (χ0) is 16.9. The highest BCUT2D eigenvalue weighted by atomic mass is 16.5. The maximum absolute atomic E-state index is 12.2. The van der Waals surface area contributed by atoms with Crippen LogP contribution in [-0.4, -0.2) is 32.8 Å². The average molecular weight is 330 g/mol. The van der Waals surface area contributed by atoms with E-state index in [0.717, 1.165) is 37.0 Å². The Morgan fingerprint density at radius 2 is 2.17 bits per heavy atom. The average Bonchev–Trinajstić information content (AvgIpc) is 2.96. The molecule has 24 heavy (non-hydrogen) atoms. The number of aryl methyl sites for hydroxylation is 1. The Morgan fingerprint density at radius 3 is 2.92 bits per heavy atom. The molecule has 1 fully saturated rings. The molecule has 1 saturated carbocycles. The van der Waals surface area contributed by atoms with Crippen LogP contribution >= 0.6 is 0 Å². The summed E-state index contributed by atoms with van der Waals surface area (Å²) in [4.78, 5) is 23.7. The van der Waals surface area contributed by atoms with E-state index in [0.29, 0.717) is 0 Å². The molecule has 128 valence electrons. The fourth-order valence-electron chi connectivity index (χ4n) is 3.04. The van der Waals surface area contributed by atoms with Crippen molar-refractivity contribution in [3.63, 3.8) is 0 Å². The predicted octanol–water partition coefficient (Wildman–Crippen LogP) is 1.39. The van der Waals surface area contributed by atoms with Gasteiger partial charge in [0.2, 0.25) is 5.91 Å². The van der Waals surface area contributed by atoms with Gasteiger partial charge in [-0.1, -0.05) is 24.6 Å². The SMILES string of the molecule is Cc1ccccc1OC1CCCCC1NC(=O)Cn1cn[nH]c1=O. The van der Waals surface area contributed by atoms with Gasteiger partial charge in [-0.15, -0.1) is 0 Å². The van der Waals surface area contributed by atoms with E-state index in [1.54, 1.807) is 0 Å². The highest BCUT2D eigenvalue weighted by Gasteiger charge is 2.28. The molecule has 1 aliphatic carbocycles. The summed E-state index contributed by atoms with van der Waals surface area (Å²) in [5.41, 5.74) is 0.694. The zero-order valence-electron chi connectivity index (χ0n) is 13.7. The van der Waals surface area contributed by atoms with Gasteiger partial charge >= 0.3 is 5.69 Å². The number of aromatic nitrogens is 3. The molecule has 0 spiro atoms. The third kappa shape index (κ3) is 3.84. The van der Waals surface area contributed by atoms with Gasteiger partial charge in [-0.25, -0.2) is 9.89 Å². The molecule has 0 saturated heterocycles. The van der Waals surface area contributed by atoms with E-state index >= 15 is 0 Å². The molecule has 1 amide bonds. The van der Waals surface area contributed by atoms with Crippen molar-refractivity contribution in [2.24, 2.45) is 0 Å². The molecular formula is C17H22N4O3. The smallest absolute Gasteiger partial charge is 0.343 e. The summed E-state index contributed by atoms with van der Waals surface area (Å²) >= 11 is 0. The number of hydrogen-bond donors (Lipinski definition) is 2. The summed E-state index contributed by atoms with van der Waals surface area (Å²) in [6.07, 6.45) is 5.20. The van der Waals surface area contributed by atoms with Crippen LogP contribution in [0, 0.1) is 6.92 Å². The summed E-state index contributed by atoms with van der Waals surface area (Å²) in [7, 11) is 0. The maximum atomic E-state index is 12.2. The van der Waals surface area contributed by atoms with E-state index in [4.69, 9.17) is 4.74 Å². The fraction of sp³-hybridized carbons (Fsp3) is 0.471. The summed E-state index contributed by atoms with van der Waals surface area (Å²) in [6, 6.07) is 7.84. The fourth-order valence-corrected chi connectivity index (χ4v) is 3.04. The Bertz CT molecular complexity index is 752. The van der Waals surface area contributed by atoms with Crippen LogP contribution in [0.3, 0.4) is 0 Å². The topological polar surface area (TPSA) is 89.0 Å². The molecule has 0 radical (unpaired) electrons. The number of hydrogen-bond acceptors (Lipinski definition) is 4. The Labute approximate surface area is 140 Å². The van der Waals surface area contributed by atoms with Crippen LogP contribution in [0.1, 0.15) is 31.2 Å². The lowest BCUT2D eigenvalue weighted by Gasteiger charge is -2.33. The van der Waals surface area contributed by atoms with Crippen LogP contribution in [0.5, 0.6) is 5.75 Å². The first-order chi connectivity index (χ1) is 11.6. The zero-order valence-corrected chi connectivity index (χ0v) is 13.7. The van der Waals surface area contributed by atoms with Crippen molar-refractivity contribution in [3.05, 3.63) is 46.6 Å². The molecule has 2 aromatic rings. The first-order valence-electron chi connectivity index (χ1n) is 8.25. The van der Waals surface area contributed by atoms with Gasteiger partial charge < -0.3 is 10.1 Å². The second-order valence-electron chi connectivity index (χ2n) is 6.17. The van der Waals surface area contributed by atoms with Crippen molar-refractivity contribution in [2.45, 2.75) is 51.3 Å². The first-order valence-corrected chi connectivity index (χ1v) is 8.25. The van der Waals surface area contributed by atoms with Gasteiger partial charge in [0.1, 0.15) is 24.7 Å². The molecule has 2 N–H and O–H groups in total. The van der Waals surface area contributed by atoms with E-state index in [2.05, 4.69) is 15.5 Å². The van der Waals surface area contributed by atoms with Crippen molar-refractivity contribution in [1.29, 1.82) is 0 Å². The van der Waals surface area contributed by atoms with Gasteiger partial charge in [0, 0.05) is 0 Å². The van der Waals surface area contributed by atoms with Gasteiger partial charge in [0.25, 0.3) is 0 Å². The number of carbonyl (C=O) groups excluding carboxylic acids is 1. The van der Waals surface area contributed by atoms with E-state index in [1.807, 2.05) is 31.2 Å². The minimum Gasteiger partial charge on any atom is -0.488 e. The molecule has 1 heterocycles. The Kier molecular flexibility index (Phi) is 4.98. The van der Waals surface area contributed by atoms with Gasteiger partial charge in [-0.2, -0.15) is 5.10 Å². The third-order valence-corrected chi connectivity index (χ3v) is 4.35. The highest BCUT2D eigenvalue weighted by Crippen LogP contribution is 2.26. The predicted molar refractivity (Wildman–Crippen MR) is 88.8 cm³/mol. The van der Waals surface area contributed by atoms with Crippen molar-refractivity contribution in [1.82, 2.24) is 20.1 Å². The van der Waals surface area contributed by atoms with Crippen molar-refractivity contribution >= 4 is 5.91 Å². The van der Waals surface area contributed by atoms with Gasteiger partial charge in [-0.3, -0.25) is 9.36 Å². The van der Waals surface area contributed by atoms with Crippen LogP contribution < -0.4 is 15.7 Å². The number of aromatic amines is 1. The molecule has 7 heteroatoms. The molecule has 1 aromatic carbocycles. The normalized spacial score (nSPS) is 20.5. The van der Waals surface area contributed by atoms with Crippen LogP contribution in [0.25, 0.3) is 0 Å².